The van der Waals surface area contributed by atoms with Gasteiger partial charge in [-0.25, -0.2) is 13.4 Å². The maximum atomic E-state index is 12.1. The van der Waals surface area contributed by atoms with E-state index in [1.807, 2.05) is 6.92 Å². The summed E-state index contributed by atoms with van der Waals surface area (Å²) in [4.78, 5) is 16.3. The Labute approximate surface area is 122 Å². The smallest absolute Gasteiger partial charge is 0.390 e. The molecule has 1 aromatic carbocycles. The first kappa shape index (κ1) is 15.2. The standard InChI is InChI=1S/C13H15N3O4S/c1-10-4-6-12(7-5-10)21(19,20)8-2-3-11-9-14-13(15-11)16(17)18/h4-7,9H,2-3,8H2,1H3,(H,14,15). The van der Waals surface area contributed by atoms with E-state index in [9.17, 15) is 18.5 Å². The molecule has 0 saturated heterocycles. The van der Waals surface area contributed by atoms with Crippen LogP contribution < -0.4 is 0 Å². The molecule has 1 heterocycles. The van der Waals surface area contributed by atoms with Crippen molar-refractivity contribution in [3.8, 4) is 0 Å². The molecule has 7 nitrogen and oxygen atoms in total. The van der Waals surface area contributed by atoms with Crippen molar-refractivity contribution >= 4 is 15.8 Å². The van der Waals surface area contributed by atoms with Crippen molar-refractivity contribution in [3.63, 3.8) is 0 Å². The first-order chi connectivity index (χ1) is 9.88. The van der Waals surface area contributed by atoms with Gasteiger partial charge in [-0.3, -0.25) is 0 Å². The summed E-state index contributed by atoms with van der Waals surface area (Å²) >= 11 is 0. The highest BCUT2D eigenvalue weighted by atomic mass is 32.2. The number of aryl methyl sites for hydroxylation is 2. The number of hydrogen-bond acceptors (Lipinski definition) is 5. The lowest BCUT2D eigenvalue weighted by atomic mass is 10.2. The zero-order valence-electron chi connectivity index (χ0n) is 11.4. The monoisotopic (exact) mass is 309 g/mol. The third kappa shape index (κ3) is 3.88. The van der Waals surface area contributed by atoms with E-state index >= 15 is 0 Å². The minimum Gasteiger partial charge on any atom is -0.390 e. The molecule has 2 rings (SSSR count). The number of imidazole rings is 1. The molecule has 0 fully saturated rings. The van der Waals surface area contributed by atoms with Gasteiger partial charge in [-0.05, 0) is 30.4 Å². The quantitative estimate of drug-likeness (QED) is 0.649. The second kappa shape index (κ2) is 6.04. The SMILES string of the molecule is Cc1ccc(S(=O)(=O)CCCc2c[nH]c([N+](=O)[O-])n2)cc1. The molecule has 0 amide bonds. The number of hydrogen-bond donors (Lipinski definition) is 1. The Morgan fingerprint density at radius 3 is 2.52 bits per heavy atom. The minimum atomic E-state index is -3.33. The van der Waals surface area contributed by atoms with Crippen LogP contribution in [0, 0.1) is 17.0 Å². The van der Waals surface area contributed by atoms with Gasteiger partial charge < -0.3 is 10.1 Å². The number of benzene rings is 1. The Hall–Kier alpha value is -2.22. The van der Waals surface area contributed by atoms with E-state index in [1.54, 1.807) is 24.3 Å². The fourth-order valence-corrected chi connectivity index (χ4v) is 3.19. The third-order valence-corrected chi connectivity index (χ3v) is 4.83. The highest BCUT2D eigenvalue weighted by Crippen LogP contribution is 2.14. The summed E-state index contributed by atoms with van der Waals surface area (Å²) in [5.74, 6) is -0.345. The van der Waals surface area contributed by atoms with Gasteiger partial charge in [0.2, 0.25) is 0 Å². The van der Waals surface area contributed by atoms with Crippen LogP contribution in [-0.4, -0.2) is 29.1 Å². The number of aromatic nitrogens is 2. The Kier molecular flexibility index (Phi) is 4.37. The molecule has 0 unspecified atom stereocenters. The normalized spacial score (nSPS) is 11.5. The van der Waals surface area contributed by atoms with Gasteiger partial charge in [0.25, 0.3) is 0 Å². The highest BCUT2D eigenvalue weighted by Gasteiger charge is 2.16. The van der Waals surface area contributed by atoms with Crippen LogP contribution in [0.5, 0.6) is 0 Å². The summed E-state index contributed by atoms with van der Waals surface area (Å²) in [6.07, 6.45) is 2.16. The van der Waals surface area contributed by atoms with E-state index in [0.717, 1.165) is 5.56 Å². The number of nitro groups is 1. The Bertz CT molecular complexity index is 735. The van der Waals surface area contributed by atoms with Crippen LogP contribution in [0.25, 0.3) is 0 Å². The fraction of sp³-hybridized carbons (Fsp3) is 0.308. The van der Waals surface area contributed by atoms with E-state index < -0.39 is 14.8 Å². The summed E-state index contributed by atoms with van der Waals surface area (Å²) < 4.78 is 24.2. The van der Waals surface area contributed by atoms with Crippen molar-refractivity contribution in [2.24, 2.45) is 0 Å². The summed E-state index contributed by atoms with van der Waals surface area (Å²) in [7, 11) is -3.33. The topological polar surface area (TPSA) is 106 Å². The highest BCUT2D eigenvalue weighted by molar-refractivity contribution is 7.91. The summed E-state index contributed by atoms with van der Waals surface area (Å²) in [6, 6.07) is 6.68. The molecule has 1 N–H and O–H groups in total. The first-order valence-corrected chi connectivity index (χ1v) is 8.02. The largest absolute Gasteiger partial charge is 0.432 e. The number of rotatable bonds is 6. The molecular weight excluding hydrogens is 294 g/mol. The fourth-order valence-electron chi connectivity index (χ4n) is 1.88. The van der Waals surface area contributed by atoms with E-state index in [4.69, 9.17) is 0 Å². The van der Waals surface area contributed by atoms with Crippen LogP contribution in [0.4, 0.5) is 5.95 Å². The van der Waals surface area contributed by atoms with Crippen LogP contribution in [-0.2, 0) is 16.3 Å². The maximum Gasteiger partial charge on any atom is 0.432 e. The Balaban J connectivity index is 1.95. The van der Waals surface area contributed by atoms with Gasteiger partial charge in [-0.2, -0.15) is 0 Å². The molecule has 0 radical (unpaired) electrons. The molecule has 21 heavy (non-hydrogen) atoms. The molecule has 0 bridgehead atoms. The average Bonchev–Trinajstić information content (AvgIpc) is 2.88. The van der Waals surface area contributed by atoms with Gasteiger partial charge in [0.05, 0.1) is 10.6 Å². The van der Waals surface area contributed by atoms with Gasteiger partial charge in [0.1, 0.15) is 6.20 Å². The second-order valence-corrected chi connectivity index (χ2v) is 6.82. The van der Waals surface area contributed by atoms with Crippen molar-refractivity contribution in [2.75, 3.05) is 5.75 Å². The van der Waals surface area contributed by atoms with Gasteiger partial charge in [0.15, 0.2) is 15.5 Å². The Morgan fingerprint density at radius 2 is 1.95 bits per heavy atom. The molecule has 0 saturated carbocycles. The average molecular weight is 309 g/mol. The van der Waals surface area contributed by atoms with Crippen molar-refractivity contribution in [1.82, 2.24) is 9.97 Å². The van der Waals surface area contributed by atoms with Crippen molar-refractivity contribution < 1.29 is 13.3 Å². The molecule has 2 aromatic rings. The predicted molar refractivity (Wildman–Crippen MR) is 76.8 cm³/mol. The van der Waals surface area contributed by atoms with E-state index in [0.29, 0.717) is 23.4 Å². The van der Waals surface area contributed by atoms with Crippen LogP contribution in [0.15, 0.2) is 35.4 Å². The van der Waals surface area contributed by atoms with E-state index in [2.05, 4.69) is 9.97 Å². The first-order valence-electron chi connectivity index (χ1n) is 6.36. The van der Waals surface area contributed by atoms with Gasteiger partial charge in [-0.1, -0.05) is 22.7 Å². The van der Waals surface area contributed by atoms with E-state index in [-0.39, 0.29) is 11.7 Å². The molecule has 1 aromatic heterocycles. The van der Waals surface area contributed by atoms with Crippen LogP contribution in [0.2, 0.25) is 0 Å². The molecular formula is C13H15N3O4S. The van der Waals surface area contributed by atoms with Crippen molar-refractivity contribution in [1.29, 1.82) is 0 Å². The number of aromatic amines is 1. The summed E-state index contributed by atoms with van der Waals surface area (Å²) in [6.45, 7) is 1.89. The summed E-state index contributed by atoms with van der Waals surface area (Å²) in [5, 5.41) is 10.5. The minimum absolute atomic E-state index is 0.0171. The lowest BCUT2D eigenvalue weighted by Gasteiger charge is -2.03. The van der Waals surface area contributed by atoms with Crippen LogP contribution >= 0.6 is 0 Å². The van der Waals surface area contributed by atoms with Gasteiger partial charge in [0, 0.05) is 6.42 Å². The molecule has 0 atom stereocenters. The summed E-state index contributed by atoms with van der Waals surface area (Å²) in [5.41, 5.74) is 1.48. The van der Waals surface area contributed by atoms with Crippen LogP contribution in [0.3, 0.4) is 0 Å². The van der Waals surface area contributed by atoms with Crippen molar-refractivity contribution in [2.45, 2.75) is 24.7 Å². The number of H-pyrrole nitrogens is 1. The number of nitrogens with one attached hydrogen (secondary N) is 1. The predicted octanol–water partition coefficient (Wildman–Crippen LogP) is 2.03. The Morgan fingerprint density at radius 1 is 1.29 bits per heavy atom. The lowest BCUT2D eigenvalue weighted by Crippen LogP contribution is -2.08. The zero-order chi connectivity index (χ0) is 15.5. The van der Waals surface area contributed by atoms with E-state index in [1.165, 1.54) is 6.20 Å². The molecule has 0 aliphatic rings. The lowest BCUT2D eigenvalue weighted by molar-refractivity contribution is -0.393. The molecule has 0 aliphatic carbocycles. The molecule has 8 heteroatoms. The van der Waals surface area contributed by atoms with Gasteiger partial charge >= 0.3 is 5.95 Å². The zero-order valence-corrected chi connectivity index (χ0v) is 12.3. The number of nitrogens with zero attached hydrogens (tertiary/aromatic N) is 2. The number of sulfone groups is 1. The molecule has 0 spiro atoms. The third-order valence-electron chi connectivity index (χ3n) is 3.02. The van der Waals surface area contributed by atoms with Crippen molar-refractivity contribution in [3.05, 3.63) is 51.8 Å². The second-order valence-electron chi connectivity index (χ2n) is 4.71. The van der Waals surface area contributed by atoms with Crippen LogP contribution in [0.1, 0.15) is 17.7 Å². The maximum absolute atomic E-state index is 12.1. The van der Waals surface area contributed by atoms with Gasteiger partial charge in [-0.15, -0.1) is 0 Å². The molecule has 0 aliphatic heterocycles. The molecule has 112 valence electrons.